The summed E-state index contributed by atoms with van der Waals surface area (Å²) < 4.78 is 41.4. The molecule has 4 rings (SSSR count). The second-order valence-electron chi connectivity index (χ2n) is 11.7. The monoisotopic (exact) mass is 509 g/mol. The first-order valence-electron chi connectivity index (χ1n) is 13.7. The van der Waals surface area contributed by atoms with Gasteiger partial charge in [0, 0.05) is 12.0 Å². The predicted octanol–water partition coefficient (Wildman–Crippen LogP) is 6.71. The summed E-state index contributed by atoms with van der Waals surface area (Å²) in [6.07, 6.45) is 5.93. The van der Waals surface area contributed by atoms with Crippen LogP contribution in [-0.4, -0.2) is 18.7 Å². The van der Waals surface area contributed by atoms with E-state index in [9.17, 15) is 18.0 Å². The molecule has 0 heterocycles. The highest BCUT2D eigenvalue weighted by Gasteiger charge is 2.57. The molecule has 36 heavy (non-hydrogen) atoms. The molecule has 0 saturated heterocycles. The number of nitrogen functional groups attached to an aromatic ring is 1. The van der Waals surface area contributed by atoms with E-state index in [1.165, 1.54) is 49.6 Å². The number of carbonyl (C=O) groups is 1. The van der Waals surface area contributed by atoms with Gasteiger partial charge in [0.25, 0.3) is 0 Å². The smallest absolute Gasteiger partial charge is 0.406 e. The Morgan fingerprint density at radius 2 is 1.89 bits per heavy atom. The van der Waals surface area contributed by atoms with E-state index in [0.29, 0.717) is 17.5 Å². The summed E-state index contributed by atoms with van der Waals surface area (Å²) >= 11 is 0. The van der Waals surface area contributed by atoms with Crippen molar-refractivity contribution in [1.29, 1.82) is 0 Å². The van der Waals surface area contributed by atoms with Crippen LogP contribution in [0.15, 0.2) is 18.2 Å². The lowest BCUT2D eigenvalue weighted by atomic mass is 9.50. The van der Waals surface area contributed by atoms with Gasteiger partial charge in [0.2, 0.25) is 0 Å². The van der Waals surface area contributed by atoms with Crippen molar-refractivity contribution in [3.63, 3.8) is 0 Å². The molecule has 7 unspecified atom stereocenters. The standard InChI is InChI=1S/C28H42F3N3O2/c1-4-6-19-17(5-2)7-9-21-20(19)13-14-27(3)22(21)10-11-23(27)26(35)16-34(33)25-12-8-18(15-24(25)32)36-28(29,30)31/h8,12,15,17,19-23H,4-7,9-11,13-14,16,32-33H2,1-3H3. The van der Waals surface area contributed by atoms with Crippen LogP contribution in [0.25, 0.3) is 0 Å². The zero-order valence-corrected chi connectivity index (χ0v) is 21.8. The minimum absolute atomic E-state index is 0.00907. The van der Waals surface area contributed by atoms with Crippen LogP contribution in [0.2, 0.25) is 0 Å². The Bertz CT molecular complexity index is 939. The predicted molar refractivity (Wildman–Crippen MR) is 136 cm³/mol. The number of ether oxygens (including phenoxy) is 1. The van der Waals surface area contributed by atoms with Crippen LogP contribution in [0.3, 0.4) is 0 Å². The number of hydrazine groups is 1. The zero-order chi connectivity index (χ0) is 26.3. The number of hydrogen-bond acceptors (Lipinski definition) is 5. The highest BCUT2D eigenvalue weighted by molar-refractivity contribution is 5.87. The first-order valence-corrected chi connectivity index (χ1v) is 13.7. The van der Waals surface area contributed by atoms with E-state index >= 15 is 0 Å². The van der Waals surface area contributed by atoms with Crippen molar-refractivity contribution in [2.45, 2.75) is 84.9 Å². The molecule has 3 saturated carbocycles. The third-order valence-corrected chi connectivity index (χ3v) is 9.92. The molecule has 0 spiro atoms. The number of nitrogens with two attached hydrogens (primary N) is 2. The van der Waals surface area contributed by atoms with Crippen LogP contribution in [0.5, 0.6) is 5.75 Å². The molecule has 0 radical (unpaired) electrons. The van der Waals surface area contributed by atoms with Crippen LogP contribution < -0.4 is 21.3 Å². The summed E-state index contributed by atoms with van der Waals surface area (Å²) in [5.41, 5.74) is 6.31. The number of carbonyl (C=O) groups excluding carboxylic acids is 1. The van der Waals surface area contributed by atoms with Gasteiger partial charge in [-0.1, -0.05) is 40.0 Å². The zero-order valence-electron chi connectivity index (χ0n) is 21.8. The SMILES string of the molecule is CCCC1C(CC)CCC2C1CCC1(C)C(C(=O)CN(N)c3ccc(OC(F)(F)F)cc3N)CCC21. The van der Waals surface area contributed by atoms with Crippen molar-refractivity contribution >= 4 is 17.2 Å². The van der Waals surface area contributed by atoms with Gasteiger partial charge >= 0.3 is 6.36 Å². The van der Waals surface area contributed by atoms with Crippen LogP contribution in [0.4, 0.5) is 24.5 Å². The Hall–Kier alpha value is -1.96. The van der Waals surface area contributed by atoms with Gasteiger partial charge in [-0.05, 0) is 85.7 Å². The minimum Gasteiger partial charge on any atom is -0.406 e. The molecule has 202 valence electrons. The van der Waals surface area contributed by atoms with E-state index in [0.717, 1.165) is 49.1 Å². The van der Waals surface area contributed by atoms with Crippen molar-refractivity contribution in [1.82, 2.24) is 0 Å². The second kappa shape index (κ2) is 10.4. The van der Waals surface area contributed by atoms with Gasteiger partial charge < -0.3 is 15.5 Å². The average Bonchev–Trinajstić information content (AvgIpc) is 3.15. The molecular weight excluding hydrogens is 467 g/mol. The Labute approximate surface area is 213 Å². The molecule has 3 fully saturated rings. The first-order chi connectivity index (χ1) is 17.0. The number of rotatable bonds is 8. The van der Waals surface area contributed by atoms with Gasteiger partial charge in [0.1, 0.15) is 5.75 Å². The summed E-state index contributed by atoms with van der Waals surface area (Å²) in [4.78, 5) is 13.5. The van der Waals surface area contributed by atoms with E-state index in [-0.39, 0.29) is 29.3 Å². The normalized spacial score (nSPS) is 34.1. The number of anilines is 2. The van der Waals surface area contributed by atoms with Crippen LogP contribution in [0.1, 0.15) is 78.6 Å². The molecule has 4 N–H and O–H groups in total. The summed E-state index contributed by atoms with van der Waals surface area (Å²) in [7, 11) is 0. The lowest BCUT2D eigenvalue weighted by Gasteiger charge is -2.54. The molecular formula is C28H42F3N3O2. The number of alkyl halides is 3. The van der Waals surface area contributed by atoms with Crippen LogP contribution in [-0.2, 0) is 4.79 Å². The first kappa shape index (κ1) is 27.1. The van der Waals surface area contributed by atoms with Crippen molar-refractivity contribution in [3.05, 3.63) is 18.2 Å². The van der Waals surface area contributed by atoms with Crippen molar-refractivity contribution < 1.29 is 22.7 Å². The Kier molecular flexibility index (Phi) is 7.84. The van der Waals surface area contributed by atoms with Crippen molar-refractivity contribution in [2.24, 2.45) is 46.8 Å². The van der Waals surface area contributed by atoms with Gasteiger partial charge in [-0.15, -0.1) is 13.2 Å². The topological polar surface area (TPSA) is 81.6 Å². The quantitative estimate of drug-likeness (QED) is 0.231. The molecule has 5 nitrogen and oxygen atoms in total. The molecule has 8 heteroatoms. The van der Waals surface area contributed by atoms with Gasteiger partial charge in [0.05, 0.1) is 17.9 Å². The number of hydrogen-bond donors (Lipinski definition) is 2. The third-order valence-electron chi connectivity index (χ3n) is 9.92. The van der Waals surface area contributed by atoms with Gasteiger partial charge in [-0.2, -0.15) is 0 Å². The molecule has 7 atom stereocenters. The molecule has 1 aromatic rings. The molecule has 0 bridgehead atoms. The van der Waals surface area contributed by atoms with Gasteiger partial charge in [-0.3, -0.25) is 4.79 Å². The summed E-state index contributed by atoms with van der Waals surface area (Å²) in [5, 5.41) is 1.26. The number of halogens is 3. The fourth-order valence-electron chi connectivity index (χ4n) is 8.41. The lowest BCUT2D eigenvalue weighted by molar-refractivity contribution is -0.274. The summed E-state index contributed by atoms with van der Waals surface area (Å²) in [6.45, 7) is 6.95. The molecule has 3 aliphatic rings. The molecule has 0 aliphatic heterocycles. The Morgan fingerprint density at radius 3 is 2.53 bits per heavy atom. The van der Waals surface area contributed by atoms with E-state index < -0.39 is 12.1 Å². The van der Waals surface area contributed by atoms with Crippen molar-refractivity contribution in [2.75, 3.05) is 17.3 Å². The number of benzene rings is 1. The molecule has 3 aliphatic carbocycles. The Morgan fingerprint density at radius 1 is 1.14 bits per heavy atom. The summed E-state index contributed by atoms with van der Waals surface area (Å²) in [5.74, 6) is 9.61. The average molecular weight is 510 g/mol. The van der Waals surface area contributed by atoms with Gasteiger partial charge in [0.15, 0.2) is 5.78 Å². The van der Waals surface area contributed by atoms with E-state index in [1.807, 2.05) is 0 Å². The molecule has 0 aromatic heterocycles. The fourth-order valence-corrected chi connectivity index (χ4v) is 8.41. The largest absolute Gasteiger partial charge is 0.573 e. The number of Topliss-reactive ketones (excluding diaryl/α,β-unsaturated/α-hetero) is 1. The van der Waals surface area contributed by atoms with Gasteiger partial charge in [-0.25, -0.2) is 5.84 Å². The fraction of sp³-hybridized carbons (Fsp3) is 0.750. The maximum absolute atomic E-state index is 13.5. The third kappa shape index (κ3) is 5.20. The minimum atomic E-state index is -4.80. The maximum atomic E-state index is 13.5. The molecule has 1 aromatic carbocycles. The number of ketones is 1. The van der Waals surface area contributed by atoms with E-state index in [1.54, 1.807) is 0 Å². The van der Waals surface area contributed by atoms with Crippen molar-refractivity contribution in [3.8, 4) is 5.75 Å². The molecule has 0 amide bonds. The van der Waals surface area contributed by atoms with E-state index in [2.05, 4.69) is 25.5 Å². The maximum Gasteiger partial charge on any atom is 0.573 e. The van der Waals surface area contributed by atoms with Crippen LogP contribution >= 0.6 is 0 Å². The van der Waals surface area contributed by atoms with E-state index in [4.69, 9.17) is 11.6 Å². The lowest BCUT2D eigenvalue weighted by Crippen LogP contribution is -2.49. The Balaban J connectivity index is 1.44. The second-order valence-corrected chi connectivity index (χ2v) is 11.7. The van der Waals surface area contributed by atoms with Crippen LogP contribution in [0, 0.1) is 40.9 Å². The highest BCUT2D eigenvalue weighted by Crippen LogP contribution is 2.63. The number of fused-ring (bicyclic) bond motifs is 3. The summed E-state index contributed by atoms with van der Waals surface area (Å²) in [6, 6.07) is 3.62. The highest BCUT2D eigenvalue weighted by atomic mass is 19.4. The number of nitrogens with zero attached hydrogens (tertiary/aromatic N) is 1.